The summed E-state index contributed by atoms with van der Waals surface area (Å²) in [7, 11) is 0. The Morgan fingerprint density at radius 2 is 1.42 bits per heavy atom. The molecule has 8 heteroatoms. The van der Waals surface area contributed by atoms with Crippen LogP contribution < -0.4 is 10.6 Å². The van der Waals surface area contributed by atoms with Crippen LogP contribution in [0.2, 0.25) is 0 Å². The van der Waals surface area contributed by atoms with Crippen molar-refractivity contribution in [2.45, 2.75) is 6.18 Å². The largest absolute Gasteiger partial charge is 0.418 e. The summed E-state index contributed by atoms with van der Waals surface area (Å²) in [6.07, 6.45) is -4.49. The molecule has 1 amide bonds. The number of anilines is 3. The molecule has 0 saturated heterocycles. The van der Waals surface area contributed by atoms with Gasteiger partial charge >= 0.3 is 6.18 Å². The van der Waals surface area contributed by atoms with Crippen molar-refractivity contribution < 1.29 is 18.0 Å². The molecule has 0 bridgehead atoms. The monoisotopic (exact) mass is 358 g/mol. The Labute approximate surface area is 146 Å². The van der Waals surface area contributed by atoms with Crippen LogP contribution in [0.5, 0.6) is 0 Å². The number of carbonyl (C=O) groups is 1. The number of alkyl halides is 3. The smallest absolute Gasteiger partial charge is 0.338 e. The van der Waals surface area contributed by atoms with E-state index in [1.165, 1.54) is 30.3 Å². The number of halogens is 3. The molecule has 3 rings (SSSR count). The van der Waals surface area contributed by atoms with E-state index in [0.717, 1.165) is 6.07 Å². The highest BCUT2D eigenvalue weighted by Gasteiger charge is 2.33. The molecule has 0 aliphatic carbocycles. The van der Waals surface area contributed by atoms with Gasteiger partial charge in [-0.05, 0) is 36.4 Å². The van der Waals surface area contributed by atoms with E-state index >= 15 is 0 Å². The summed E-state index contributed by atoms with van der Waals surface area (Å²) in [6, 6.07) is 16.5. The summed E-state index contributed by atoms with van der Waals surface area (Å²) < 4.78 is 39.0. The summed E-state index contributed by atoms with van der Waals surface area (Å²) in [5, 5.41) is 12.8. The summed E-state index contributed by atoms with van der Waals surface area (Å²) in [6.45, 7) is 0. The average Bonchev–Trinajstić information content (AvgIpc) is 2.63. The van der Waals surface area contributed by atoms with E-state index < -0.39 is 11.7 Å². The van der Waals surface area contributed by atoms with Crippen molar-refractivity contribution in [1.29, 1.82) is 0 Å². The third-order valence-corrected chi connectivity index (χ3v) is 3.44. The molecule has 0 aliphatic heterocycles. The molecule has 0 aliphatic rings. The van der Waals surface area contributed by atoms with Crippen molar-refractivity contribution in [3.63, 3.8) is 0 Å². The second-order valence-electron chi connectivity index (χ2n) is 5.29. The summed E-state index contributed by atoms with van der Waals surface area (Å²) in [5.74, 6) is -0.0454. The SMILES string of the molecule is O=C(Nc1ccc(Nc2ccccc2C(F)(F)F)nn1)c1ccccc1. The Bertz CT molecular complexity index is 896. The van der Waals surface area contributed by atoms with Crippen LogP contribution in [0, 0.1) is 0 Å². The Hall–Kier alpha value is -3.42. The molecule has 2 aromatic carbocycles. The van der Waals surface area contributed by atoms with E-state index in [1.54, 1.807) is 30.3 Å². The second kappa shape index (κ2) is 7.22. The second-order valence-corrected chi connectivity index (χ2v) is 5.29. The number of carbonyl (C=O) groups excluding carboxylic acids is 1. The van der Waals surface area contributed by atoms with Crippen molar-refractivity contribution in [3.05, 3.63) is 77.9 Å². The number of aromatic nitrogens is 2. The molecule has 0 fully saturated rings. The minimum Gasteiger partial charge on any atom is -0.338 e. The van der Waals surface area contributed by atoms with Gasteiger partial charge in [-0.25, -0.2) is 0 Å². The van der Waals surface area contributed by atoms with Gasteiger partial charge in [0, 0.05) is 5.56 Å². The fourth-order valence-electron chi connectivity index (χ4n) is 2.22. The number of nitrogens with zero attached hydrogens (tertiary/aromatic N) is 2. The highest BCUT2D eigenvalue weighted by atomic mass is 19.4. The number of benzene rings is 2. The van der Waals surface area contributed by atoms with Crippen LogP contribution in [0.25, 0.3) is 0 Å². The number of hydrogen-bond acceptors (Lipinski definition) is 4. The van der Waals surface area contributed by atoms with Crippen molar-refractivity contribution in [2.24, 2.45) is 0 Å². The molecule has 0 saturated carbocycles. The van der Waals surface area contributed by atoms with Gasteiger partial charge in [0.25, 0.3) is 5.91 Å². The van der Waals surface area contributed by atoms with Gasteiger partial charge in [0.2, 0.25) is 0 Å². The van der Waals surface area contributed by atoms with Crippen molar-refractivity contribution in [3.8, 4) is 0 Å². The first kappa shape index (κ1) is 17.4. The summed E-state index contributed by atoms with van der Waals surface area (Å²) >= 11 is 0. The number of amides is 1. The molecule has 26 heavy (non-hydrogen) atoms. The third-order valence-electron chi connectivity index (χ3n) is 3.44. The first-order valence-corrected chi connectivity index (χ1v) is 7.57. The molecule has 2 N–H and O–H groups in total. The van der Waals surface area contributed by atoms with Crippen LogP contribution in [0.3, 0.4) is 0 Å². The van der Waals surface area contributed by atoms with Crippen molar-refractivity contribution in [1.82, 2.24) is 10.2 Å². The number of nitrogens with one attached hydrogen (secondary N) is 2. The highest BCUT2D eigenvalue weighted by Crippen LogP contribution is 2.35. The molecular weight excluding hydrogens is 345 g/mol. The Kier molecular flexibility index (Phi) is 4.83. The van der Waals surface area contributed by atoms with E-state index in [9.17, 15) is 18.0 Å². The minimum absolute atomic E-state index is 0.124. The highest BCUT2D eigenvalue weighted by molar-refractivity contribution is 6.03. The normalized spacial score (nSPS) is 11.0. The van der Waals surface area contributed by atoms with Gasteiger partial charge in [-0.1, -0.05) is 30.3 Å². The van der Waals surface area contributed by atoms with Crippen LogP contribution in [-0.4, -0.2) is 16.1 Å². The maximum Gasteiger partial charge on any atom is 0.418 e. The maximum atomic E-state index is 13.0. The van der Waals surface area contributed by atoms with Gasteiger partial charge < -0.3 is 10.6 Å². The van der Waals surface area contributed by atoms with Gasteiger partial charge in [0.1, 0.15) is 0 Å². The summed E-state index contributed by atoms with van der Waals surface area (Å²) in [4.78, 5) is 12.0. The molecule has 132 valence electrons. The van der Waals surface area contributed by atoms with E-state index in [1.807, 2.05) is 0 Å². The number of rotatable bonds is 4. The lowest BCUT2D eigenvalue weighted by atomic mass is 10.1. The standard InChI is InChI=1S/C18H13F3N4O/c19-18(20,21)13-8-4-5-9-14(13)22-15-10-11-16(25-24-15)23-17(26)12-6-2-1-3-7-12/h1-11H,(H,22,24)(H,23,25,26). The lowest BCUT2D eigenvalue weighted by Crippen LogP contribution is -2.13. The molecule has 0 spiro atoms. The molecule has 1 heterocycles. The zero-order valence-corrected chi connectivity index (χ0v) is 13.3. The molecule has 0 unspecified atom stereocenters. The van der Waals surface area contributed by atoms with E-state index in [2.05, 4.69) is 20.8 Å². The predicted molar refractivity (Wildman–Crippen MR) is 91.2 cm³/mol. The lowest BCUT2D eigenvalue weighted by molar-refractivity contribution is -0.136. The van der Waals surface area contributed by atoms with Crippen LogP contribution in [-0.2, 0) is 6.18 Å². The molecule has 0 atom stereocenters. The van der Waals surface area contributed by atoms with Gasteiger partial charge in [-0.3, -0.25) is 4.79 Å². The van der Waals surface area contributed by atoms with E-state index in [4.69, 9.17) is 0 Å². The zero-order valence-electron chi connectivity index (χ0n) is 13.3. The fraction of sp³-hybridized carbons (Fsp3) is 0.0556. The molecule has 1 aromatic heterocycles. The molecule has 5 nitrogen and oxygen atoms in total. The minimum atomic E-state index is -4.49. The van der Waals surface area contributed by atoms with Gasteiger partial charge in [0.05, 0.1) is 11.3 Å². The summed E-state index contributed by atoms with van der Waals surface area (Å²) in [5.41, 5.74) is -0.478. The quantitative estimate of drug-likeness (QED) is 0.721. The van der Waals surface area contributed by atoms with E-state index in [-0.39, 0.29) is 23.2 Å². The average molecular weight is 358 g/mol. The Balaban J connectivity index is 1.72. The Morgan fingerprint density at radius 1 is 0.808 bits per heavy atom. The number of hydrogen-bond donors (Lipinski definition) is 2. The lowest BCUT2D eigenvalue weighted by Gasteiger charge is -2.13. The van der Waals surface area contributed by atoms with Crippen molar-refractivity contribution in [2.75, 3.05) is 10.6 Å². The van der Waals surface area contributed by atoms with Gasteiger partial charge in [-0.15, -0.1) is 10.2 Å². The third kappa shape index (κ3) is 4.15. The van der Waals surface area contributed by atoms with Crippen LogP contribution >= 0.6 is 0 Å². The van der Waals surface area contributed by atoms with Crippen molar-refractivity contribution >= 4 is 23.2 Å². The number of para-hydroxylation sites is 1. The van der Waals surface area contributed by atoms with Crippen LogP contribution in [0.15, 0.2) is 66.7 Å². The van der Waals surface area contributed by atoms with Gasteiger partial charge in [0.15, 0.2) is 11.6 Å². The fourth-order valence-corrected chi connectivity index (χ4v) is 2.22. The van der Waals surface area contributed by atoms with Crippen LogP contribution in [0.4, 0.5) is 30.5 Å². The van der Waals surface area contributed by atoms with Gasteiger partial charge in [-0.2, -0.15) is 13.2 Å². The van der Waals surface area contributed by atoms with Crippen LogP contribution in [0.1, 0.15) is 15.9 Å². The first-order chi connectivity index (χ1) is 12.4. The Morgan fingerprint density at radius 3 is 2.08 bits per heavy atom. The molecule has 3 aromatic rings. The molecule has 0 radical (unpaired) electrons. The van der Waals surface area contributed by atoms with E-state index in [0.29, 0.717) is 5.56 Å². The molecular formula is C18H13F3N4O. The topological polar surface area (TPSA) is 66.9 Å². The maximum absolute atomic E-state index is 13.0. The zero-order chi connectivity index (χ0) is 18.6. The predicted octanol–water partition coefficient (Wildman–Crippen LogP) is 4.49. The first-order valence-electron chi connectivity index (χ1n) is 7.57.